The number of nitrogens with zero attached hydrogens (tertiary/aromatic N) is 2. The van der Waals surface area contributed by atoms with Gasteiger partial charge in [0.05, 0.1) is 11.0 Å². The molecule has 0 radical (unpaired) electrons. The van der Waals surface area contributed by atoms with Crippen LogP contribution in [-0.4, -0.2) is 46.3 Å². The molecular weight excluding hydrogens is 528 g/mol. The van der Waals surface area contributed by atoms with Crippen molar-refractivity contribution in [3.05, 3.63) is 94.5 Å². The minimum absolute atomic E-state index is 0.672. The molecule has 0 unspecified atom stereocenters. The van der Waals surface area contributed by atoms with E-state index in [4.69, 9.17) is 5.10 Å². The third-order valence-corrected chi connectivity index (χ3v) is 8.61. The molecule has 0 bridgehead atoms. The van der Waals surface area contributed by atoms with E-state index in [9.17, 15) is 0 Å². The Morgan fingerprint density at radius 3 is 2.53 bits per heavy atom. The molecule has 0 spiro atoms. The predicted molar refractivity (Wildman–Crippen MR) is 184 cm³/mol. The summed E-state index contributed by atoms with van der Waals surface area (Å²) < 4.78 is 0. The molecule has 0 saturated carbocycles. The monoisotopic (exact) mass is 580 g/mol. The Balaban J connectivity index is 1.61. The van der Waals surface area contributed by atoms with Crippen molar-refractivity contribution >= 4 is 17.8 Å². The Morgan fingerprint density at radius 1 is 1.14 bits per heavy atom. The van der Waals surface area contributed by atoms with Crippen LogP contribution in [0, 0.1) is 12.8 Å². The van der Waals surface area contributed by atoms with Crippen LogP contribution in [-0.2, 0) is 0 Å². The SMILES string of the molecule is C=C/C(=C\C(=C/C)C(=C)/C=c1/c(-c2cc(/C(=C\CC)N3CCCCC3)c(C)[nH]2)n[nH]/c1=C/C)NC(=C)CC1CCNCC1. The maximum absolute atomic E-state index is 4.77. The van der Waals surface area contributed by atoms with Crippen LogP contribution in [0.4, 0.5) is 0 Å². The summed E-state index contributed by atoms with van der Waals surface area (Å²) >= 11 is 0. The number of rotatable bonds is 12. The van der Waals surface area contributed by atoms with E-state index in [1.54, 1.807) is 0 Å². The number of aryl methyl sites for hydroxylation is 1. The standard InChI is InChI=1S/C37H52N6/c1-8-15-36(43-20-13-12-14-21-43)32-25-35(40-28(32)7)37-33(34(11-4)41-42-37)22-26(5)30(9-2)24-31(10-3)39-27(6)23-29-16-18-38-19-17-29/h9-11,15,22,24-25,29,38-41H,3,5-6,8,12-14,16-21,23H2,1-2,4,7H3/b30-9+,31-24+,33-22+,34-11+,36-15+. The molecule has 2 aliphatic heterocycles. The number of allylic oxidation sites excluding steroid dienone is 7. The molecule has 2 aliphatic rings. The van der Waals surface area contributed by atoms with Crippen LogP contribution in [0.3, 0.4) is 0 Å². The molecule has 2 aromatic heterocycles. The van der Waals surface area contributed by atoms with Crippen molar-refractivity contribution in [1.82, 2.24) is 30.7 Å². The molecule has 0 amide bonds. The number of nitrogens with one attached hydrogen (secondary N) is 4. The van der Waals surface area contributed by atoms with Gasteiger partial charge in [-0.05, 0) is 120 Å². The van der Waals surface area contributed by atoms with Crippen LogP contribution in [0.2, 0.25) is 0 Å². The minimum Gasteiger partial charge on any atom is -0.371 e. The van der Waals surface area contributed by atoms with Gasteiger partial charge in [0.2, 0.25) is 0 Å². The second-order valence-electron chi connectivity index (χ2n) is 11.8. The first-order valence-electron chi connectivity index (χ1n) is 16.1. The largest absolute Gasteiger partial charge is 0.371 e. The highest BCUT2D eigenvalue weighted by molar-refractivity contribution is 5.73. The second-order valence-corrected chi connectivity index (χ2v) is 11.8. The maximum atomic E-state index is 4.77. The normalized spacial score (nSPS) is 18.3. The van der Waals surface area contributed by atoms with E-state index in [0.717, 1.165) is 83.5 Å². The van der Waals surface area contributed by atoms with Crippen molar-refractivity contribution in [3.63, 3.8) is 0 Å². The molecule has 230 valence electrons. The predicted octanol–water partition coefficient (Wildman–Crippen LogP) is 6.60. The molecule has 4 rings (SSSR count). The van der Waals surface area contributed by atoms with E-state index < -0.39 is 0 Å². The van der Waals surface area contributed by atoms with Crippen LogP contribution in [0.25, 0.3) is 29.2 Å². The first-order chi connectivity index (χ1) is 20.9. The van der Waals surface area contributed by atoms with Gasteiger partial charge in [0.15, 0.2) is 0 Å². The molecule has 2 aromatic rings. The van der Waals surface area contributed by atoms with E-state index in [-0.39, 0.29) is 0 Å². The molecule has 6 nitrogen and oxygen atoms in total. The summed E-state index contributed by atoms with van der Waals surface area (Å²) in [5.74, 6) is 0.672. The zero-order valence-corrected chi connectivity index (χ0v) is 26.9. The number of aromatic nitrogens is 3. The van der Waals surface area contributed by atoms with Crippen molar-refractivity contribution in [1.29, 1.82) is 0 Å². The molecular formula is C37H52N6. The van der Waals surface area contributed by atoms with Gasteiger partial charge >= 0.3 is 0 Å². The Morgan fingerprint density at radius 2 is 1.88 bits per heavy atom. The first-order valence-corrected chi connectivity index (χ1v) is 16.1. The van der Waals surface area contributed by atoms with Crippen LogP contribution in [0.1, 0.15) is 77.0 Å². The highest BCUT2D eigenvalue weighted by Crippen LogP contribution is 2.29. The van der Waals surface area contributed by atoms with Gasteiger partial charge in [-0.2, -0.15) is 5.10 Å². The molecule has 0 aliphatic carbocycles. The summed E-state index contributed by atoms with van der Waals surface area (Å²) in [5.41, 5.74) is 9.55. The number of hydrogen-bond acceptors (Lipinski definition) is 4. The van der Waals surface area contributed by atoms with Gasteiger partial charge < -0.3 is 20.5 Å². The van der Waals surface area contributed by atoms with Gasteiger partial charge in [-0.3, -0.25) is 5.10 Å². The topological polar surface area (TPSA) is 71.8 Å². The molecule has 4 N–H and O–H groups in total. The highest BCUT2D eigenvalue weighted by atomic mass is 15.1. The van der Waals surface area contributed by atoms with Gasteiger partial charge in [0.25, 0.3) is 0 Å². The van der Waals surface area contributed by atoms with Crippen molar-refractivity contribution < 1.29 is 0 Å². The Hall–Kier alpha value is -3.77. The van der Waals surface area contributed by atoms with Crippen LogP contribution >= 0.6 is 0 Å². The third-order valence-electron chi connectivity index (χ3n) is 8.61. The van der Waals surface area contributed by atoms with Gasteiger partial charge in [-0.1, -0.05) is 44.9 Å². The van der Waals surface area contributed by atoms with E-state index >= 15 is 0 Å². The average molecular weight is 581 g/mol. The van der Waals surface area contributed by atoms with Gasteiger partial charge in [-0.25, -0.2) is 0 Å². The van der Waals surface area contributed by atoms with Crippen LogP contribution < -0.4 is 21.2 Å². The third kappa shape index (κ3) is 8.20. The van der Waals surface area contributed by atoms with Gasteiger partial charge in [0.1, 0.15) is 5.69 Å². The smallest absolute Gasteiger partial charge is 0.116 e. The summed E-state index contributed by atoms with van der Waals surface area (Å²) in [6.07, 6.45) is 20.8. The summed E-state index contributed by atoms with van der Waals surface area (Å²) in [6.45, 7) is 25.7. The molecule has 6 heteroatoms. The molecule has 43 heavy (non-hydrogen) atoms. The number of H-pyrrole nitrogens is 2. The maximum Gasteiger partial charge on any atom is 0.116 e. The lowest BCUT2D eigenvalue weighted by atomic mass is 9.93. The Bertz CT molecular complexity index is 1500. The number of piperidine rings is 2. The lowest BCUT2D eigenvalue weighted by molar-refractivity contribution is 0.325. The lowest BCUT2D eigenvalue weighted by Gasteiger charge is -2.31. The van der Waals surface area contributed by atoms with Crippen LogP contribution in [0.15, 0.2) is 72.6 Å². The summed E-state index contributed by atoms with van der Waals surface area (Å²) in [6, 6.07) is 2.27. The molecule has 2 fully saturated rings. The first kappa shape index (κ1) is 32.2. The van der Waals surface area contributed by atoms with Crippen molar-refractivity contribution in [2.75, 3.05) is 26.2 Å². The zero-order valence-electron chi connectivity index (χ0n) is 26.9. The number of aromatic amines is 2. The quantitative estimate of drug-likeness (QED) is 0.214. The number of likely N-dealkylation sites (tertiary alicyclic amines) is 1. The molecule has 2 saturated heterocycles. The van der Waals surface area contributed by atoms with Gasteiger partial charge in [-0.15, -0.1) is 0 Å². The molecule has 0 atom stereocenters. The molecule has 0 aromatic carbocycles. The van der Waals surface area contributed by atoms with Crippen molar-refractivity contribution in [3.8, 4) is 11.4 Å². The average Bonchev–Trinajstić information content (AvgIpc) is 3.61. The van der Waals surface area contributed by atoms with Crippen LogP contribution in [0.5, 0.6) is 0 Å². The lowest BCUT2D eigenvalue weighted by Crippen LogP contribution is -2.28. The fourth-order valence-corrected chi connectivity index (χ4v) is 6.25. The fraction of sp³-hybridized carbons (Fsp3) is 0.432. The minimum atomic E-state index is 0.672. The summed E-state index contributed by atoms with van der Waals surface area (Å²) in [7, 11) is 0. The van der Waals surface area contributed by atoms with Crippen molar-refractivity contribution in [2.24, 2.45) is 5.92 Å². The number of hydrogen-bond donors (Lipinski definition) is 4. The van der Waals surface area contributed by atoms with E-state index in [1.165, 1.54) is 49.1 Å². The molecule has 4 heterocycles. The van der Waals surface area contributed by atoms with E-state index in [0.29, 0.717) is 5.92 Å². The summed E-state index contributed by atoms with van der Waals surface area (Å²) in [5, 5.41) is 17.0. The Labute approximate surface area is 258 Å². The zero-order chi connectivity index (χ0) is 30.8. The summed E-state index contributed by atoms with van der Waals surface area (Å²) in [4.78, 5) is 6.20. The highest BCUT2D eigenvalue weighted by Gasteiger charge is 2.20. The fourth-order valence-electron chi connectivity index (χ4n) is 6.25. The van der Waals surface area contributed by atoms with Gasteiger partial charge in [0, 0.05) is 46.7 Å². The van der Waals surface area contributed by atoms with E-state index in [2.05, 4.69) is 95.6 Å². The van der Waals surface area contributed by atoms with E-state index in [1.807, 2.05) is 19.9 Å². The second kappa shape index (κ2) is 15.6. The van der Waals surface area contributed by atoms with Crippen molar-refractivity contribution in [2.45, 2.75) is 72.6 Å². The Kier molecular flexibility index (Phi) is 11.7.